The Morgan fingerprint density at radius 3 is 2.69 bits per heavy atom. The van der Waals surface area contributed by atoms with Crippen LogP contribution >= 0.6 is 0 Å². The Morgan fingerprint density at radius 2 is 2.00 bits per heavy atom. The summed E-state index contributed by atoms with van der Waals surface area (Å²) in [6.45, 7) is 5.50. The second-order valence-electron chi connectivity index (χ2n) is 6.81. The van der Waals surface area contributed by atoms with Gasteiger partial charge in [-0.15, -0.1) is 0 Å². The number of benzene rings is 1. The molecule has 26 heavy (non-hydrogen) atoms. The highest BCUT2D eigenvalue weighted by atomic mass is 16.7. The van der Waals surface area contributed by atoms with E-state index in [1.165, 1.54) is 25.6 Å². The molecular weight excluding hydrogens is 336 g/mol. The molecule has 2 heterocycles. The Kier molecular flexibility index (Phi) is 5.18. The fraction of sp³-hybridized carbons (Fsp3) is 0.474. The molecule has 0 bridgehead atoms. The standard InChI is InChI=1S/C19H24N2O5/c1-19(2)25-17(22)15(18(23)26-19)12-20-14-7-6-13-5-4-8-21(9-10-24-3)16(13)11-14/h6-7,11-12,20H,4-5,8-10H2,1-3H3. The van der Waals surface area contributed by atoms with E-state index in [-0.39, 0.29) is 5.57 Å². The highest BCUT2D eigenvalue weighted by Crippen LogP contribution is 2.30. The van der Waals surface area contributed by atoms with Crippen LogP contribution in [0.1, 0.15) is 25.8 Å². The molecule has 1 aromatic rings. The highest BCUT2D eigenvalue weighted by molar-refractivity contribution is 6.15. The number of cyclic esters (lactones) is 2. The molecule has 1 aromatic carbocycles. The minimum absolute atomic E-state index is 0.154. The second kappa shape index (κ2) is 7.37. The predicted molar refractivity (Wildman–Crippen MR) is 96.8 cm³/mol. The third kappa shape index (κ3) is 3.99. The number of anilines is 2. The summed E-state index contributed by atoms with van der Waals surface area (Å²) in [6, 6.07) is 6.01. The zero-order chi connectivity index (χ0) is 18.7. The molecule has 1 fully saturated rings. The molecule has 1 N–H and O–H groups in total. The molecule has 0 unspecified atom stereocenters. The molecule has 0 aromatic heterocycles. The van der Waals surface area contributed by atoms with E-state index < -0.39 is 17.7 Å². The van der Waals surface area contributed by atoms with Crippen molar-refractivity contribution in [2.45, 2.75) is 32.5 Å². The third-order valence-electron chi connectivity index (χ3n) is 4.37. The molecule has 1 saturated heterocycles. The van der Waals surface area contributed by atoms with Crippen LogP contribution in [0.25, 0.3) is 0 Å². The number of methoxy groups -OCH3 is 1. The smallest absolute Gasteiger partial charge is 0.350 e. The van der Waals surface area contributed by atoms with Gasteiger partial charge in [0.1, 0.15) is 0 Å². The van der Waals surface area contributed by atoms with Gasteiger partial charge in [0.25, 0.3) is 5.79 Å². The topological polar surface area (TPSA) is 77.1 Å². The second-order valence-corrected chi connectivity index (χ2v) is 6.81. The van der Waals surface area contributed by atoms with Gasteiger partial charge in [0, 0.05) is 51.6 Å². The van der Waals surface area contributed by atoms with Crippen molar-refractivity contribution in [3.63, 3.8) is 0 Å². The van der Waals surface area contributed by atoms with Gasteiger partial charge < -0.3 is 24.4 Å². The van der Waals surface area contributed by atoms with Crippen LogP contribution in [0, 0.1) is 0 Å². The Labute approximate surface area is 152 Å². The van der Waals surface area contributed by atoms with Gasteiger partial charge >= 0.3 is 11.9 Å². The summed E-state index contributed by atoms with van der Waals surface area (Å²) in [7, 11) is 1.69. The van der Waals surface area contributed by atoms with Gasteiger partial charge in [0.15, 0.2) is 5.57 Å². The molecule has 7 nitrogen and oxygen atoms in total. The first-order valence-electron chi connectivity index (χ1n) is 8.70. The molecule has 0 aliphatic carbocycles. The fourth-order valence-corrected chi connectivity index (χ4v) is 3.11. The zero-order valence-electron chi connectivity index (χ0n) is 15.3. The highest BCUT2D eigenvalue weighted by Gasteiger charge is 2.38. The molecule has 2 aliphatic heterocycles. The van der Waals surface area contributed by atoms with Gasteiger partial charge in [-0.2, -0.15) is 0 Å². The third-order valence-corrected chi connectivity index (χ3v) is 4.37. The lowest BCUT2D eigenvalue weighted by atomic mass is 10.0. The lowest BCUT2D eigenvalue weighted by molar-refractivity contribution is -0.222. The fourth-order valence-electron chi connectivity index (χ4n) is 3.11. The van der Waals surface area contributed by atoms with Crippen LogP contribution in [-0.2, 0) is 30.2 Å². The number of hydrogen-bond acceptors (Lipinski definition) is 7. The van der Waals surface area contributed by atoms with Gasteiger partial charge in [-0.3, -0.25) is 0 Å². The average Bonchev–Trinajstić information content (AvgIpc) is 2.58. The molecular formula is C19H24N2O5. The van der Waals surface area contributed by atoms with Crippen molar-refractivity contribution in [2.24, 2.45) is 0 Å². The number of aryl methyl sites for hydroxylation is 1. The summed E-state index contributed by atoms with van der Waals surface area (Å²) in [5.41, 5.74) is 3.06. The summed E-state index contributed by atoms with van der Waals surface area (Å²) in [5.74, 6) is -2.63. The minimum Gasteiger partial charge on any atom is -0.419 e. The summed E-state index contributed by atoms with van der Waals surface area (Å²) in [5, 5.41) is 3.01. The number of rotatable bonds is 5. The summed E-state index contributed by atoms with van der Waals surface area (Å²) in [6.07, 6.45) is 3.49. The first-order valence-corrected chi connectivity index (χ1v) is 8.70. The number of nitrogens with zero attached hydrogens (tertiary/aromatic N) is 1. The zero-order valence-corrected chi connectivity index (χ0v) is 15.3. The van der Waals surface area contributed by atoms with Crippen LogP contribution in [-0.4, -0.2) is 44.5 Å². The summed E-state index contributed by atoms with van der Waals surface area (Å²) >= 11 is 0. The molecule has 140 valence electrons. The van der Waals surface area contributed by atoms with E-state index in [2.05, 4.69) is 16.3 Å². The van der Waals surface area contributed by atoms with Crippen molar-refractivity contribution in [1.82, 2.24) is 0 Å². The van der Waals surface area contributed by atoms with Crippen LogP contribution in [0.2, 0.25) is 0 Å². The van der Waals surface area contributed by atoms with Crippen LogP contribution in [0.4, 0.5) is 11.4 Å². The van der Waals surface area contributed by atoms with Crippen molar-refractivity contribution in [2.75, 3.05) is 37.0 Å². The van der Waals surface area contributed by atoms with E-state index in [9.17, 15) is 9.59 Å². The van der Waals surface area contributed by atoms with Gasteiger partial charge in [-0.05, 0) is 30.5 Å². The number of nitrogens with one attached hydrogen (secondary N) is 1. The van der Waals surface area contributed by atoms with Crippen LogP contribution in [0.5, 0.6) is 0 Å². The number of hydrogen-bond donors (Lipinski definition) is 1. The first kappa shape index (κ1) is 18.3. The lowest BCUT2D eigenvalue weighted by Gasteiger charge is -2.31. The van der Waals surface area contributed by atoms with Crippen molar-refractivity contribution in [3.05, 3.63) is 35.5 Å². The Hall–Kier alpha value is -2.54. The van der Waals surface area contributed by atoms with E-state index in [1.807, 2.05) is 12.1 Å². The number of ether oxygens (including phenoxy) is 3. The van der Waals surface area contributed by atoms with Crippen molar-refractivity contribution < 1.29 is 23.8 Å². The number of esters is 2. The van der Waals surface area contributed by atoms with Crippen LogP contribution in [0.15, 0.2) is 30.0 Å². The Morgan fingerprint density at radius 1 is 1.27 bits per heavy atom. The monoisotopic (exact) mass is 360 g/mol. The maximum absolute atomic E-state index is 12.0. The summed E-state index contributed by atoms with van der Waals surface area (Å²) in [4.78, 5) is 26.3. The SMILES string of the molecule is COCCN1CCCc2ccc(NC=C3C(=O)OC(C)(C)OC3=O)cc21. The molecule has 0 radical (unpaired) electrons. The maximum Gasteiger partial charge on any atom is 0.350 e. The first-order chi connectivity index (χ1) is 12.4. The van der Waals surface area contributed by atoms with Crippen molar-refractivity contribution in [3.8, 4) is 0 Å². The van der Waals surface area contributed by atoms with Gasteiger partial charge in [-0.1, -0.05) is 6.07 Å². The Balaban J connectivity index is 1.77. The quantitative estimate of drug-likeness (QED) is 0.490. The van der Waals surface area contributed by atoms with Crippen LogP contribution in [0.3, 0.4) is 0 Å². The van der Waals surface area contributed by atoms with E-state index in [1.54, 1.807) is 7.11 Å². The van der Waals surface area contributed by atoms with E-state index in [4.69, 9.17) is 14.2 Å². The van der Waals surface area contributed by atoms with E-state index in [0.29, 0.717) is 6.61 Å². The van der Waals surface area contributed by atoms with Gasteiger partial charge in [0.05, 0.1) is 6.61 Å². The minimum atomic E-state index is -1.24. The van der Waals surface area contributed by atoms with E-state index in [0.717, 1.165) is 37.3 Å². The summed E-state index contributed by atoms with van der Waals surface area (Å²) < 4.78 is 15.4. The number of carbonyl (C=O) groups excluding carboxylic acids is 2. The van der Waals surface area contributed by atoms with Crippen LogP contribution < -0.4 is 10.2 Å². The molecule has 0 spiro atoms. The largest absolute Gasteiger partial charge is 0.419 e. The number of fused-ring (bicyclic) bond motifs is 1. The molecule has 0 atom stereocenters. The lowest BCUT2D eigenvalue weighted by Crippen LogP contribution is -2.42. The average molecular weight is 360 g/mol. The molecule has 0 saturated carbocycles. The Bertz CT molecular complexity index is 719. The molecule has 3 rings (SSSR count). The van der Waals surface area contributed by atoms with Gasteiger partial charge in [-0.25, -0.2) is 9.59 Å². The van der Waals surface area contributed by atoms with Crippen molar-refractivity contribution in [1.29, 1.82) is 0 Å². The van der Waals surface area contributed by atoms with Crippen molar-refractivity contribution >= 4 is 23.3 Å². The molecule has 0 amide bonds. The maximum atomic E-state index is 12.0. The van der Waals surface area contributed by atoms with Gasteiger partial charge in [0.2, 0.25) is 0 Å². The molecule has 7 heteroatoms. The normalized spacial score (nSPS) is 18.7. The number of carbonyl (C=O) groups is 2. The van der Waals surface area contributed by atoms with E-state index >= 15 is 0 Å². The molecule has 2 aliphatic rings. The predicted octanol–water partition coefficient (Wildman–Crippen LogP) is 2.22.